The standard InChI is InChI=1S/C19H27N5/c1-23(2)12-8-11-20-19-21-17(16-9-4-3-5-10-16)15-18(22-19)24-13-6-7-14-24/h3-5,9-10,15H,6-8,11-14H2,1-2H3,(H,20,21,22). The Hall–Kier alpha value is -2.14. The van der Waals surface area contributed by atoms with E-state index < -0.39 is 0 Å². The van der Waals surface area contributed by atoms with Crippen LogP contribution in [0.2, 0.25) is 0 Å². The van der Waals surface area contributed by atoms with Crippen molar-refractivity contribution in [2.24, 2.45) is 0 Å². The first kappa shape index (κ1) is 16.7. The number of aromatic nitrogens is 2. The number of nitrogens with zero attached hydrogens (tertiary/aromatic N) is 4. The highest BCUT2D eigenvalue weighted by Crippen LogP contribution is 2.25. The summed E-state index contributed by atoms with van der Waals surface area (Å²) < 4.78 is 0. The fourth-order valence-electron chi connectivity index (χ4n) is 2.97. The second-order valence-corrected chi connectivity index (χ2v) is 6.58. The van der Waals surface area contributed by atoms with Crippen molar-refractivity contribution >= 4 is 11.8 Å². The molecule has 2 aromatic rings. The molecule has 0 bridgehead atoms. The van der Waals surface area contributed by atoms with Crippen molar-refractivity contribution in [3.8, 4) is 11.3 Å². The minimum absolute atomic E-state index is 0.733. The van der Waals surface area contributed by atoms with Gasteiger partial charge in [0.2, 0.25) is 5.95 Å². The molecule has 24 heavy (non-hydrogen) atoms. The summed E-state index contributed by atoms with van der Waals surface area (Å²) in [7, 11) is 4.19. The third-order valence-corrected chi connectivity index (χ3v) is 4.28. The van der Waals surface area contributed by atoms with E-state index in [9.17, 15) is 0 Å². The van der Waals surface area contributed by atoms with Crippen LogP contribution in [0.1, 0.15) is 19.3 Å². The summed E-state index contributed by atoms with van der Waals surface area (Å²) in [5.41, 5.74) is 2.12. The molecular formula is C19H27N5. The molecule has 5 heteroatoms. The molecule has 5 nitrogen and oxygen atoms in total. The van der Waals surface area contributed by atoms with E-state index in [1.807, 2.05) is 6.07 Å². The Labute approximate surface area is 144 Å². The monoisotopic (exact) mass is 325 g/mol. The molecule has 1 aromatic heterocycles. The lowest BCUT2D eigenvalue weighted by atomic mass is 10.1. The highest BCUT2D eigenvalue weighted by atomic mass is 15.2. The predicted molar refractivity (Wildman–Crippen MR) is 101 cm³/mol. The Bertz CT molecular complexity index is 635. The van der Waals surface area contributed by atoms with E-state index >= 15 is 0 Å². The minimum Gasteiger partial charge on any atom is -0.356 e. The van der Waals surface area contributed by atoms with Crippen molar-refractivity contribution in [2.45, 2.75) is 19.3 Å². The van der Waals surface area contributed by atoms with E-state index in [1.165, 1.54) is 12.8 Å². The molecule has 1 fully saturated rings. The van der Waals surface area contributed by atoms with Crippen LogP contribution in [0.15, 0.2) is 36.4 Å². The van der Waals surface area contributed by atoms with Gasteiger partial charge in [0.25, 0.3) is 0 Å². The molecule has 0 saturated carbocycles. The van der Waals surface area contributed by atoms with Gasteiger partial charge in [-0.2, -0.15) is 4.98 Å². The summed E-state index contributed by atoms with van der Waals surface area (Å²) in [5, 5.41) is 3.40. The highest BCUT2D eigenvalue weighted by molar-refractivity contribution is 5.64. The maximum atomic E-state index is 4.75. The quantitative estimate of drug-likeness (QED) is 0.793. The highest BCUT2D eigenvalue weighted by Gasteiger charge is 2.16. The molecule has 1 aliphatic rings. The topological polar surface area (TPSA) is 44.3 Å². The summed E-state index contributed by atoms with van der Waals surface area (Å²) in [6.07, 6.45) is 3.57. The average Bonchev–Trinajstić information content (AvgIpc) is 3.14. The van der Waals surface area contributed by atoms with Crippen LogP contribution >= 0.6 is 0 Å². The zero-order chi connectivity index (χ0) is 16.8. The SMILES string of the molecule is CN(C)CCCNc1nc(-c2ccccc2)cc(N2CCCC2)n1. The number of nitrogens with one attached hydrogen (secondary N) is 1. The zero-order valence-corrected chi connectivity index (χ0v) is 14.7. The molecule has 0 atom stereocenters. The third-order valence-electron chi connectivity index (χ3n) is 4.28. The smallest absolute Gasteiger partial charge is 0.225 e. The van der Waals surface area contributed by atoms with Gasteiger partial charge in [0.1, 0.15) is 5.82 Å². The van der Waals surface area contributed by atoms with Crippen LogP contribution in [-0.2, 0) is 0 Å². The lowest BCUT2D eigenvalue weighted by Crippen LogP contribution is -2.21. The van der Waals surface area contributed by atoms with Gasteiger partial charge in [-0.3, -0.25) is 0 Å². The van der Waals surface area contributed by atoms with Crippen LogP contribution in [0.5, 0.6) is 0 Å². The van der Waals surface area contributed by atoms with Crippen molar-refractivity contribution in [1.29, 1.82) is 0 Å². The Balaban J connectivity index is 1.80. The Morgan fingerprint density at radius 2 is 1.83 bits per heavy atom. The van der Waals surface area contributed by atoms with E-state index in [1.54, 1.807) is 0 Å². The minimum atomic E-state index is 0.733. The van der Waals surface area contributed by atoms with Crippen molar-refractivity contribution < 1.29 is 0 Å². The Morgan fingerprint density at radius 3 is 2.54 bits per heavy atom. The zero-order valence-electron chi connectivity index (χ0n) is 14.7. The molecule has 0 spiro atoms. The molecular weight excluding hydrogens is 298 g/mol. The van der Waals surface area contributed by atoms with Crippen LogP contribution in [0.3, 0.4) is 0 Å². The molecule has 0 radical (unpaired) electrons. The maximum Gasteiger partial charge on any atom is 0.225 e. The normalized spacial score (nSPS) is 14.4. The first-order valence-electron chi connectivity index (χ1n) is 8.80. The van der Waals surface area contributed by atoms with Gasteiger partial charge in [-0.05, 0) is 39.9 Å². The first-order valence-corrected chi connectivity index (χ1v) is 8.80. The van der Waals surface area contributed by atoms with Crippen molar-refractivity contribution in [3.63, 3.8) is 0 Å². The van der Waals surface area contributed by atoms with Crippen LogP contribution < -0.4 is 10.2 Å². The number of rotatable bonds is 7. The number of anilines is 2. The van der Waals surface area contributed by atoms with Gasteiger partial charge in [-0.1, -0.05) is 30.3 Å². The van der Waals surface area contributed by atoms with Crippen molar-refractivity contribution in [3.05, 3.63) is 36.4 Å². The third kappa shape index (κ3) is 4.45. The van der Waals surface area contributed by atoms with E-state index in [-0.39, 0.29) is 0 Å². The van der Waals surface area contributed by atoms with Crippen molar-refractivity contribution in [1.82, 2.24) is 14.9 Å². The fourth-order valence-corrected chi connectivity index (χ4v) is 2.97. The molecule has 0 amide bonds. The Kier molecular flexibility index (Phi) is 5.64. The maximum absolute atomic E-state index is 4.75. The van der Waals surface area contributed by atoms with E-state index in [2.05, 4.69) is 59.5 Å². The largest absolute Gasteiger partial charge is 0.356 e. The van der Waals surface area contributed by atoms with Gasteiger partial charge in [-0.15, -0.1) is 0 Å². The second-order valence-electron chi connectivity index (χ2n) is 6.58. The lowest BCUT2D eigenvalue weighted by molar-refractivity contribution is 0.405. The summed E-state index contributed by atoms with van der Waals surface area (Å²) in [5.74, 6) is 1.77. The fraction of sp³-hybridized carbons (Fsp3) is 0.474. The molecule has 3 rings (SSSR count). The first-order chi connectivity index (χ1) is 11.7. The van der Waals surface area contributed by atoms with Gasteiger partial charge in [0.15, 0.2) is 0 Å². The summed E-state index contributed by atoms with van der Waals surface area (Å²) in [6.45, 7) is 4.12. The van der Waals surface area contributed by atoms with Gasteiger partial charge >= 0.3 is 0 Å². The summed E-state index contributed by atoms with van der Waals surface area (Å²) in [4.78, 5) is 14.0. The second kappa shape index (κ2) is 8.11. The average molecular weight is 325 g/mol. The molecule has 1 aromatic carbocycles. The summed E-state index contributed by atoms with van der Waals surface area (Å²) >= 11 is 0. The summed E-state index contributed by atoms with van der Waals surface area (Å²) in [6, 6.07) is 12.5. The lowest BCUT2D eigenvalue weighted by Gasteiger charge is -2.18. The van der Waals surface area contributed by atoms with E-state index in [0.717, 1.165) is 55.6 Å². The molecule has 2 heterocycles. The molecule has 1 N–H and O–H groups in total. The van der Waals surface area contributed by atoms with Gasteiger partial charge in [0, 0.05) is 31.3 Å². The number of hydrogen-bond donors (Lipinski definition) is 1. The van der Waals surface area contributed by atoms with E-state index in [0.29, 0.717) is 0 Å². The van der Waals surface area contributed by atoms with Crippen molar-refractivity contribution in [2.75, 3.05) is 50.5 Å². The molecule has 0 unspecified atom stereocenters. The predicted octanol–water partition coefficient (Wildman–Crippen LogP) is 3.11. The molecule has 1 aliphatic heterocycles. The molecule has 1 saturated heterocycles. The van der Waals surface area contributed by atoms with Crippen LogP contribution in [0.4, 0.5) is 11.8 Å². The van der Waals surface area contributed by atoms with Gasteiger partial charge in [-0.25, -0.2) is 4.98 Å². The van der Waals surface area contributed by atoms with E-state index in [4.69, 9.17) is 9.97 Å². The van der Waals surface area contributed by atoms with Gasteiger partial charge < -0.3 is 15.1 Å². The number of hydrogen-bond acceptors (Lipinski definition) is 5. The van der Waals surface area contributed by atoms with Gasteiger partial charge in [0.05, 0.1) is 5.69 Å². The van der Waals surface area contributed by atoms with Crippen LogP contribution in [0, 0.1) is 0 Å². The molecule has 0 aliphatic carbocycles. The van der Waals surface area contributed by atoms with Crippen LogP contribution in [-0.4, -0.2) is 55.1 Å². The molecule has 128 valence electrons. The van der Waals surface area contributed by atoms with Crippen LogP contribution in [0.25, 0.3) is 11.3 Å². The Morgan fingerprint density at radius 1 is 1.08 bits per heavy atom. The number of benzene rings is 1.